The van der Waals surface area contributed by atoms with Crippen molar-refractivity contribution >= 4 is 46.3 Å². The lowest BCUT2D eigenvalue weighted by atomic mass is 10.2. The van der Waals surface area contributed by atoms with Crippen LogP contribution in [0.4, 0.5) is 16.2 Å². The number of nitrogens with zero attached hydrogens (tertiary/aromatic N) is 2. The van der Waals surface area contributed by atoms with E-state index in [4.69, 9.17) is 11.6 Å². The first kappa shape index (κ1) is 25.0. The highest BCUT2D eigenvalue weighted by atomic mass is 35.5. The van der Waals surface area contributed by atoms with Crippen LogP contribution in [0.5, 0.6) is 0 Å². The van der Waals surface area contributed by atoms with Gasteiger partial charge in [0.25, 0.3) is 5.91 Å². The minimum atomic E-state index is -0.271. The molecule has 3 amide bonds. The largest absolute Gasteiger partial charge is 0.369 e. The Morgan fingerprint density at radius 1 is 0.943 bits per heavy atom. The minimum absolute atomic E-state index is 0.169. The number of thiophene rings is 1. The summed E-state index contributed by atoms with van der Waals surface area (Å²) in [5.74, 6) is -0.169. The number of carbonyl (C=O) groups is 2. The smallest absolute Gasteiger partial charge is 0.319 e. The highest BCUT2D eigenvalue weighted by Gasteiger charge is 2.17. The second-order valence-corrected chi connectivity index (χ2v) is 9.85. The van der Waals surface area contributed by atoms with Gasteiger partial charge in [-0.25, -0.2) is 4.79 Å². The predicted molar refractivity (Wildman–Crippen MR) is 144 cm³/mol. The van der Waals surface area contributed by atoms with Gasteiger partial charge in [-0.3, -0.25) is 9.69 Å². The molecule has 1 fully saturated rings. The molecule has 3 aromatic rings. The first-order valence-corrected chi connectivity index (χ1v) is 13.0. The van der Waals surface area contributed by atoms with Crippen LogP contribution in [0.25, 0.3) is 0 Å². The minimum Gasteiger partial charge on any atom is -0.369 e. The van der Waals surface area contributed by atoms with Crippen molar-refractivity contribution in [3.05, 3.63) is 81.5 Å². The summed E-state index contributed by atoms with van der Waals surface area (Å²) in [4.78, 5) is 30.6. The van der Waals surface area contributed by atoms with Gasteiger partial charge in [0.1, 0.15) is 0 Å². The number of carbonyl (C=O) groups excluding carboxylic acids is 2. The summed E-state index contributed by atoms with van der Waals surface area (Å²) in [5, 5.41) is 11.4. The number of urea groups is 1. The molecular weight excluding hydrogens is 482 g/mol. The first-order valence-electron chi connectivity index (χ1n) is 11.8. The third-order valence-electron chi connectivity index (χ3n) is 5.87. The number of hydrogen-bond acceptors (Lipinski definition) is 5. The van der Waals surface area contributed by atoms with Crippen molar-refractivity contribution in [3.63, 3.8) is 0 Å². The Balaban J connectivity index is 1.13. The lowest BCUT2D eigenvalue weighted by Gasteiger charge is -2.36. The normalized spacial score (nSPS) is 13.9. The van der Waals surface area contributed by atoms with E-state index >= 15 is 0 Å². The van der Waals surface area contributed by atoms with Gasteiger partial charge < -0.3 is 20.9 Å². The summed E-state index contributed by atoms with van der Waals surface area (Å²) < 4.78 is 0. The number of rotatable bonds is 9. The van der Waals surface area contributed by atoms with Gasteiger partial charge in [-0.2, -0.15) is 0 Å². The molecule has 0 spiro atoms. The fraction of sp³-hybridized carbons (Fsp3) is 0.308. The number of hydrogen-bond donors (Lipinski definition) is 3. The number of anilines is 2. The van der Waals surface area contributed by atoms with Crippen LogP contribution in [0.15, 0.2) is 66.0 Å². The van der Waals surface area contributed by atoms with E-state index < -0.39 is 0 Å². The molecule has 0 radical (unpaired) electrons. The molecule has 0 aliphatic carbocycles. The van der Waals surface area contributed by atoms with E-state index in [0.29, 0.717) is 24.3 Å². The maximum absolute atomic E-state index is 12.4. The number of halogens is 1. The predicted octanol–water partition coefficient (Wildman–Crippen LogP) is 4.67. The van der Waals surface area contributed by atoms with E-state index in [0.717, 1.165) is 49.0 Å². The van der Waals surface area contributed by atoms with Crippen molar-refractivity contribution in [2.75, 3.05) is 49.5 Å². The van der Waals surface area contributed by atoms with Gasteiger partial charge in [0, 0.05) is 59.6 Å². The summed E-state index contributed by atoms with van der Waals surface area (Å²) >= 11 is 7.71. The lowest BCUT2D eigenvalue weighted by molar-refractivity contribution is 0.0951. The molecule has 1 aliphatic rings. The van der Waals surface area contributed by atoms with Crippen molar-refractivity contribution in [3.8, 4) is 0 Å². The van der Waals surface area contributed by atoms with Gasteiger partial charge in [-0.1, -0.05) is 29.8 Å². The summed E-state index contributed by atoms with van der Waals surface area (Å²) in [7, 11) is 0. The van der Waals surface area contributed by atoms with Crippen LogP contribution in [0.2, 0.25) is 5.02 Å². The molecule has 184 valence electrons. The molecule has 0 saturated carbocycles. The molecule has 35 heavy (non-hydrogen) atoms. The number of benzene rings is 2. The first-order chi connectivity index (χ1) is 17.1. The number of amides is 3. The molecule has 3 N–H and O–H groups in total. The summed E-state index contributed by atoms with van der Waals surface area (Å²) in [6, 6.07) is 18.6. The van der Waals surface area contributed by atoms with Crippen molar-refractivity contribution in [1.29, 1.82) is 0 Å². The second kappa shape index (κ2) is 12.6. The monoisotopic (exact) mass is 511 g/mol. The molecule has 1 saturated heterocycles. The molecule has 9 heteroatoms. The maximum atomic E-state index is 12.4. The van der Waals surface area contributed by atoms with Crippen molar-refractivity contribution < 1.29 is 9.59 Å². The molecule has 7 nitrogen and oxygen atoms in total. The maximum Gasteiger partial charge on any atom is 0.319 e. The van der Waals surface area contributed by atoms with Crippen LogP contribution in [-0.4, -0.2) is 56.1 Å². The highest BCUT2D eigenvalue weighted by molar-refractivity contribution is 7.09. The Hall–Kier alpha value is -3.07. The molecule has 2 aromatic carbocycles. The zero-order chi connectivity index (χ0) is 24.5. The summed E-state index contributed by atoms with van der Waals surface area (Å²) in [5.41, 5.74) is 2.26. The van der Waals surface area contributed by atoms with Crippen molar-refractivity contribution in [2.45, 2.75) is 13.0 Å². The average Bonchev–Trinajstić information content (AvgIpc) is 3.39. The number of nitrogens with one attached hydrogen (secondary N) is 3. The Morgan fingerprint density at radius 2 is 1.77 bits per heavy atom. The van der Waals surface area contributed by atoms with E-state index in [-0.39, 0.29) is 11.9 Å². The van der Waals surface area contributed by atoms with Gasteiger partial charge in [-0.05, 0) is 60.8 Å². The second-order valence-electron chi connectivity index (χ2n) is 8.39. The van der Waals surface area contributed by atoms with E-state index in [2.05, 4.69) is 31.8 Å². The topological polar surface area (TPSA) is 76.7 Å². The third kappa shape index (κ3) is 7.71. The molecule has 1 aliphatic heterocycles. The van der Waals surface area contributed by atoms with Gasteiger partial charge in [0.15, 0.2) is 0 Å². The molecule has 1 aromatic heterocycles. The zero-order valence-corrected chi connectivity index (χ0v) is 21.1. The van der Waals surface area contributed by atoms with Crippen LogP contribution in [-0.2, 0) is 6.54 Å². The fourth-order valence-corrected chi connectivity index (χ4v) is 4.83. The van der Waals surface area contributed by atoms with Crippen LogP contribution in [0.1, 0.15) is 21.7 Å². The van der Waals surface area contributed by atoms with Crippen LogP contribution < -0.4 is 20.9 Å². The molecule has 2 heterocycles. The summed E-state index contributed by atoms with van der Waals surface area (Å²) in [6.07, 6.45) is 0.871. The SMILES string of the molecule is O=C(NCCCN1CCN(c2cccc(Cl)c2)CC1)Nc1cccc(C(=O)NCc2cccs2)c1. The Morgan fingerprint density at radius 3 is 2.54 bits per heavy atom. The van der Waals surface area contributed by atoms with E-state index in [1.54, 1.807) is 35.6 Å². The third-order valence-corrected chi connectivity index (χ3v) is 6.98. The van der Waals surface area contributed by atoms with Gasteiger partial charge in [0.2, 0.25) is 0 Å². The molecular formula is C26H30ClN5O2S. The van der Waals surface area contributed by atoms with Gasteiger partial charge in [0.05, 0.1) is 6.54 Å². The standard InChI is InChI=1S/C26H30ClN5O2S/c27-21-6-2-8-23(18-21)32-14-12-31(13-15-32)11-4-10-28-26(34)30-22-7-1-5-20(17-22)25(33)29-19-24-9-3-16-35-24/h1-3,5-9,16-18H,4,10-15,19H2,(H,29,33)(H2,28,30,34). The highest BCUT2D eigenvalue weighted by Crippen LogP contribution is 2.20. The molecule has 0 atom stereocenters. The fourth-order valence-electron chi connectivity index (χ4n) is 4.00. The molecule has 4 rings (SSSR count). The van der Waals surface area contributed by atoms with E-state index in [9.17, 15) is 9.59 Å². The Bertz CT molecular complexity index is 1120. The van der Waals surface area contributed by atoms with Crippen LogP contribution in [0, 0.1) is 0 Å². The Kier molecular flexibility index (Phi) is 9.00. The zero-order valence-electron chi connectivity index (χ0n) is 19.5. The molecule has 0 unspecified atom stereocenters. The van der Waals surface area contributed by atoms with Crippen LogP contribution in [0.3, 0.4) is 0 Å². The molecule has 0 bridgehead atoms. The van der Waals surface area contributed by atoms with E-state index in [1.807, 2.05) is 35.7 Å². The summed E-state index contributed by atoms with van der Waals surface area (Å²) in [6.45, 7) is 5.91. The number of piperazine rings is 1. The van der Waals surface area contributed by atoms with Crippen molar-refractivity contribution in [1.82, 2.24) is 15.5 Å². The average molecular weight is 512 g/mol. The van der Waals surface area contributed by atoms with Gasteiger partial charge >= 0.3 is 6.03 Å². The van der Waals surface area contributed by atoms with Crippen molar-refractivity contribution in [2.24, 2.45) is 0 Å². The Labute approximate surface area is 215 Å². The van der Waals surface area contributed by atoms with Crippen LogP contribution >= 0.6 is 22.9 Å². The van der Waals surface area contributed by atoms with Gasteiger partial charge in [-0.15, -0.1) is 11.3 Å². The van der Waals surface area contributed by atoms with E-state index in [1.165, 1.54) is 5.69 Å². The quantitative estimate of drug-likeness (QED) is 0.365. The lowest BCUT2D eigenvalue weighted by Crippen LogP contribution is -2.47.